The minimum Gasteiger partial charge on any atom is -0.433 e. The largest absolute Gasteiger partial charge is 0.433 e. The van der Waals surface area contributed by atoms with E-state index in [1.54, 1.807) is 6.07 Å². The first-order chi connectivity index (χ1) is 15.3. The maximum Gasteiger partial charge on any atom is 0.387 e. The number of para-hydroxylation sites is 2. The van der Waals surface area contributed by atoms with Gasteiger partial charge in [-0.1, -0.05) is 30.3 Å². The maximum atomic E-state index is 13.2. The number of carbonyl (C=O) groups is 1. The first kappa shape index (κ1) is 21.6. The van der Waals surface area contributed by atoms with Gasteiger partial charge in [0.25, 0.3) is 5.56 Å². The van der Waals surface area contributed by atoms with Crippen molar-refractivity contribution in [3.05, 3.63) is 75.7 Å². The molecule has 6 nitrogen and oxygen atoms in total. The third kappa shape index (κ3) is 4.38. The average molecular weight is 455 g/mol. The lowest BCUT2D eigenvalue weighted by molar-refractivity contribution is -0.116. The van der Waals surface area contributed by atoms with Gasteiger partial charge in [0.1, 0.15) is 17.1 Å². The molecule has 32 heavy (non-hydrogen) atoms. The van der Waals surface area contributed by atoms with Crippen LogP contribution in [0, 0.1) is 13.8 Å². The third-order valence-electron chi connectivity index (χ3n) is 5.07. The molecule has 0 spiro atoms. The molecule has 0 aliphatic rings. The van der Waals surface area contributed by atoms with E-state index >= 15 is 0 Å². The zero-order valence-corrected chi connectivity index (χ0v) is 18.1. The molecule has 164 valence electrons. The van der Waals surface area contributed by atoms with Crippen molar-refractivity contribution >= 4 is 33.1 Å². The van der Waals surface area contributed by atoms with Crippen LogP contribution < -0.4 is 15.6 Å². The smallest absolute Gasteiger partial charge is 0.387 e. The summed E-state index contributed by atoms with van der Waals surface area (Å²) in [4.78, 5) is 30.6. The van der Waals surface area contributed by atoms with Crippen molar-refractivity contribution in [2.24, 2.45) is 0 Å². The highest BCUT2D eigenvalue weighted by molar-refractivity contribution is 7.17. The SMILES string of the molecule is Cc1ccc(-c2csc3ncn(CC(=O)Nc4ccccc4OC(F)F)c(=O)c23)cc1C. The summed E-state index contributed by atoms with van der Waals surface area (Å²) in [6.45, 7) is 0.670. The van der Waals surface area contributed by atoms with Crippen LogP contribution in [0.3, 0.4) is 0 Å². The van der Waals surface area contributed by atoms with Crippen molar-refractivity contribution in [1.82, 2.24) is 9.55 Å². The molecule has 4 aromatic rings. The van der Waals surface area contributed by atoms with E-state index in [0.29, 0.717) is 10.2 Å². The molecule has 2 aromatic carbocycles. The van der Waals surface area contributed by atoms with Crippen LogP contribution in [0.15, 0.2) is 59.0 Å². The molecule has 4 rings (SSSR count). The zero-order valence-electron chi connectivity index (χ0n) is 17.3. The first-order valence-corrected chi connectivity index (χ1v) is 10.6. The number of hydrogen-bond donors (Lipinski definition) is 1. The number of thiophene rings is 1. The van der Waals surface area contributed by atoms with Gasteiger partial charge in [-0.3, -0.25) is 14.2 Å². The highest BCUT2D eigenvalue weighted by Crippen LogP contribution is 2.31. The Bertz CT molecular complexity index is 1360. The van der Waals surface area contributed by atoms with E-state index in [1.165, 1.54) is 40.4 Å². The Balaban J connectivity index is 1.63. The lowest BCUT2D eigenvalue weighted by Crippen LogP contribution is -2.28. The van der Waals surface area contributed by atoms with Gasteiger partial charge < -0.3 is 10.1 Å². The first-order valence-electron chi connectivity index (χ1n) is 9.71. The number of anilines is 1. The second kappa shape index (κ2) is 8.88. The molecular formula is C23H19F2N3O3S. The molecule has 9 heteroatoms. The normalized spacial score (nSPS) is 11.2. The van der Waals surface area contributed by atoms with Crippen molar-refractivity contribution in [1.29, 1.82) is 0 Å². The lowest BCUT2D eigenvalue weighted by Gasteiger charge is -2.12. The van der Waals surface area contributed by atoms with Gasteiger partial charge in [-0.25, -0.2) is 4.98 Å². The van der Waals surface area contributed by atoms with Crippen molar-refractivity contribution in [2.45, 2.75) is 27.0 Å². The van der Waals surface area contributed by atoms with Gasteiger partial charge in [-0.2, -0.15) is 8.78 Å². The Morgan fingerprint density at radius 2 is 1.97 bits per heavy atom. The Kier molecular flexibility index (Phi) is 6.00. The molecule has 0 saturated heterocycles. The number of aryl methyl sites for hydroxylation is 2. The quantitative estimate of drug-likeness (QED) is 0.445. The van der Waals surface area contributed by atoms with Gasteiger partial charge in [0, 0.05) is 10.9 Å². The van der Waals surface area contributed by atoms with E-state index < -0.39 is 12.5 Å². The van der Waals surface area contributed by atoms with Gasteiger partial charge in [0.2, 0.25) is 5.91 Å². The Morgan fingerprint density at radius 1 is 1.19 bits per heavy atom. The van der Waals surface area contributed by atoms with Crippen LogP contribution in [0.2, 0.25) is 0 Å². The van der Waals surface area contributed by atoms with E-state index in [2.05, 4.69) is 15.0 Å². The monoisotopic (exact) mass is 455 g/mol. The summed E-state index contributed by atoms with van der Waals surface area (Å²) in [6.07, 6.45) is 1.31. The molecule has 0 atom stereocenters. The van der Waals surface area contributed by atoms with Gasteiger partial charge in [-0.05, 0) is 42.7 Å². The van der Waals surface area contributed by atoms with Crippen molar-refractivity contribution in [2.75, 3.05) is 5.32 Å². The number of nitrogens with one attached hydrogen (secondary N) is 1. The molecule has 0 aliphatic carbocycles. The summed E-state index contributed by atoms with van der Waals surface area (Å²) >= 11 is 1.36. The predicted molar refractivity (Wildman–Crippen MR) is 120 cm³/mol. The summed E-state index contributed by atoms with van der Waals surface area (Å²) in [5, 5.41) is 4.83. The minimum atomic E-state index is -3.02. The van der Waals surface area contributed by atoms with Crippen LogP contribution in [-0.4, -0.2) is 22.1 Å². The minimum absolute atomic E-state index is 0.0891. The average Bonchev–Trinajstić information content (AvgIpc) is 3.18. The fourth-order valence-corrected chi connectivity index (χ4v) is 4.22. The van der Waals surface area contributed by atoms with Crippen LogP contribution >= 0.6 is 11.3 Å². The van der Waals surface area contributed by atoms with E-state index in [1.807, 2.05) is 37.4 Å². The third-order valence-corrected chi connectivity index (χ3v) is 5.96. The number of aromatic nitrogens is 2. The fourth-order valence-electron chi connectivity index (χ4n) is 3.31. The molecule has 0 saturated carbocycles. The van der Waals surface area contributed by atoms with Gasteiger partial charge in [-0.15, -0.1) is 11.3 Å². The number of alkyl halides is 2. The second-order valence-electron chi connectivity index (χ2n) is 7.23. The summed E-state index contributed by atoms with van der Waals surface area (Å²) in [5.74, 6) is -0.729. The molecule has 2 aromatic heterocycles. The number of rotatable bonds is 6. The molecule has 0 aliphatic heterocycles. The van der Waals surface area contributed by atoms with E-state index in [-0.39, 0.29) is 23.5 Å². The zero-order chi connectivity index (χ0) is 22.8. The second-order valence-corrected chi connectivity index (χ2v) is 8.09. The van der Waals surface area contributed by atoms with Crippen LogP contribution in [0.1, 0.15) is 11.1 Å². The van der Waals surface area contributed by atoms with E-state index in [9.17, 15) is 18.4 Å². The number of nitrogens with zero attached hydrogens (tertiary/aromatic N) is 2. The lowest BCUT2D eigenvalue weighted by atomic mass is 10.0. The molecule has 0 fully saturated rings. The van der Waals surface area contributed by atoms with Crippen LogP contribution in [0.4, 0.5) is 14.5 Å². The summed E-state index contributed by atoms with van der Waals surface area (Å²) in [5.41, 5.74) is 3.66. The predicted octanol–water partition coefficient (Wildman–Crippen LogP) is 4.98. The highest BCUT2D eigenvalue weighted by Gasteiger charge is 2.16. The standard InChI is InChI=1S/C23H19F2N3O3S/c1-13-7-8-15(9-14(13)2)16-11-32-21-20(16)22(30)28(12-26-21)10-19(29)27-17-5-3-4-6-18(17)31-23(24)25/h3-9,11-12,23H,10H2,1-2H3,(H,27,29). The van der Waals surface area contributed by atoms with Crippen molar-refractivity contribution < 1.29 is 18.3 Å². The van der Waals surface area contributed by atoms with Gasteiger partial charge in [0.15, 0.2) is 0 Å². The fraction of sp³-hybridized carbons (Fsp3) is 0.174. The Hall–Kier alpha value is -3.59. The van der Waals surface area contributed by atoms with Crippen molar-refractivity contribution in [3.8, 4) is 16.9 Å². The number of carbonyl (C=O) groups excluding carboxylic acids is 1. The molecule has 0 radical (unpaired) electrons. The number of benzene rings is 2. The number of fused-ring (bicyclic) bond motifs is 1. The Morgan fingerprint density at radius 3 is 2.72 bits per heavy atom. The van der Waals surface area contributed by atoms with Crippen LogP contribution in [-0.2, 0) is 11.3 Å². The molecule has 0 unspecified atom stereocenters. The summed E-state index contributed by atoms with van der Waals surface area (Å²) in [7, 11) is 0. The highest BCUT2D eigenvalue weighted by atomic mass is 32.1. The molecule has 1 amide bonds. The van der Waals surface area contributed by atoms with Crippen LogP contribution in [0.25, 0.3) is 21.3 Å². The Labute approximate surface area is 186 Å². The number of hydrogen-bond acceptors (Lipinski definition) is 5. The molecule has 2 heterocycles. The van der Waals surface area contributed by atoms with Gasteiger partial charge >= 0.3 is 6.61 Å². The van der Waals surface area contributed by atoms with Crippen molar-refractivity contribution in [3.63, 3.8) is 0 Å². The number of ether oxygens (including phenoxy) is 1. The number of amides is 1. The summed E-state index contributed by atoms with van der Waals surface area (Å²) < 4.78 is 30.8. The van der Waals surface area contributed by atoms with Gasteiger partial charge in [0.05, 0.1) is 17.4 Å². The topological polar surface area (TPSA) is 73.2 Å². The van der Waals surface area contributed by atoms with E-state index in [4.69, 9.17) is 0 Å². The van der Waals surface area contributed by atoms with E-state index in [0.717, 1.165) is 22.3 Å². The molecule has 1 N–H and O–H groups in total. The maximum absolute atomic E-state index is 13.2. The number of halogens is 2. The van der Waals surface area contributed by atoms with Crippen LogP contribution in [0.5, 0.6) is 5.75 Å². The molecular weight excluding hydrogens is 436 g/mol. The molecule has 0 bridgehead atoms. The summed E-state index contributed by atoms with van der Waals surface area (Å²) in [6, 6.07) is 11.8.